The molecule has 2 N–H and O–H groups in total. The lowest BCUT2D eigenvalue weighted by Crippen LogP contribution is -2.33. The summed E-state index contributed by atoms with van der Waals surface area (Å²) >= 11 is 0. The van der Waals surface area contributed by atoms with Crippen LogP contribution in [0.15, 0.2) is 12.1 Å². The Balaban J connectivity index is 2.05. The minimum absolute atomic E-state index is 0.0448. The number of hydrogen-bond donors (Lipinski definition) is 2. The molecule has 0 bridgehead atoms. The zero-order chi connectivity index (χ0) is 12.3. The summed E-state index contributed by atoms with van der Waals surface area (Å²) in [4.78, 5) is 0. The molecule has 0 amide bonds. The molecule has 1 aromatic carbocycles. The minimum Gasteiger partial charge on any atom is -0.490 e. The van der Waals surface area contributed by atoms with Gasteiger partial charge >= 0.3 is 0 Å². The van der Waals surface area contributed by atoms with E-state index in [1.165, 1.54) is 0 Å². The minimum atomic E-state index is -0.511. The molecule has 0 unspecified atom stereocenters. The van der Waals surface area contributed by atoms with Crippen molar-refractivity contribution >= 4 is 0 Å². The molecule has 0 aliphatic carbocycles. The van der Waals surface area contributed by atoms with Crippen LogP contribution in [-0.2, 0) is 6.42 Å². The maximum absolute atomic E-state index is 13.5. The standard InChI is InChI=1S/C12H15F2NO2/c13-10-1-2-11(14)12-9(10)5-8(7-17-12)6-15-3-4-16/h1-2,8,15-16H,3-7H2/t8-/m1/s1. The number of aliphatic hydroxyl groups is 1. The first-order valence-corrected chi connectivity index (χ1v) is 5.63. The Bertz CT molecular complexity index is 398. The van der Waals surface area contributed by atoms with Crippen molar-refractivity contribution in [2.45, 2.75) is 6.42 Å². The van der Waals surface area contributed by atoms with Crippen LogP contribution in [0.3, 0.4) is 0 Å². The van der Waals surface area contributed by atoms with Crippen molar-refractivity contribution in [3.05, 3.63) is 29.3 Å². The number of aliphatic hydroxyl groups excluding tert-OH is 1. The van der Waals surface area contributed by atoms with Gasteiger partial charge in [0.1, 0.15) is 5.82 Å². The van der Waals surface area contributed by atoms with Crippen molar-refractivity contribution in [3.63, 3.8) is 0 Å². The number of fused-ring (bicyclic) bond motifs is 1. The molecule has 3 nitrogen and oxygen atoms in total. The molecule has 0 saturated heterocycles. The lowest BCUT2D eigenvalue weighted by atomic mass is 9.96. The van der Waals surface area contributed by atoms with Crippen LogP contribution in [0.2, 0.25) is 0 Å². The van der Waals surface area contributed by atoms with Crippen LogP contribution < -0.4 is 10.1 Å². The van der Waals surface area contributed by atoms with Gasteiger partial charge in [-0.2, -0.15) is 0 Å². The van der Waals surface area contributed by atoms with Crippen LogP contribution >= 0.6 is 0 Å². The van der Waals surface area contributed by atoms with Gasteiger partial charge in [-0.1, -0.05) is 0 Å². The second kappa shape index (κ2) is 5.42. The van der Waals surface area contributed by atoms with Crippen LogP contribution in [0.5, 0.6) is 5.75 Å². The predicted octanol–water partition coefficient (Wildman–Crippen LogP) is 1.10. The number of hydrogen-bond acceptors (Lipinski definition) is 3. The highest BCUT2D eigenvalue weighted by molar-refractivity contribution is 5.38. The molecular formula is C12H15F2NO2. The van der Waals surface area contributed by atoms with Gasteiger partial charge in [-0.05, 0) is 18.6 Å². The van der Waals surface area contributed by atoms with Crippen LogP contribution in [0.25, 0.3) is 0 Å². The van der Waals surface area contributed by atoms with Crippen LogP contribution in [0.4, 0.5) is 8.78 Å². The molecule has 0 saturated carbocycles. The smallest absolute Gasteiger partial charge is 0.165 e. The number of ether oxygens (including phenoxy) is 1. The first-order valence-electron chi connectivity index (χ1n) is 5.63. The Morgan fingerprint density at radius 2 is 2.12 bits per heavy atom. The third kappa shape index (κ3) is 2.73. The van der Waals surface area contributed by atoms with E-state index in [0.29, 0.717) is 31.7 Å². The zero-order valence-corrected chi connectivity index (χ0v) is 9.38. The topological polar surface area (TPSA) is 41.5 Å². The first kappa shape index (κ1) is 12.3. The van der Waals surface area contributed by atoms with E-state index < -0.39 is 11.6 Å². The summed E-state index contributed by atoms with van der Waals surface area (Å²) < 4.78 is 32.1. The zero-order valence-electron chi connectivity index (χ0n) is 9.38. The molecule has 1 heterocycles. The Kier molecular flexibility index (Phi) is 3.91. The summed E-state index contributed by atoms with van der Waals surface area (Å²) in [7, 11) is 0. The fraction of sp³-hybridized carbons (Fsp3) is 0.500. The summed E-state index contributed by atoms with van der Waals surface area (Å²) in [5.74, 6) is -0.787. The van der Waals surface area contributed by atoms with Gasteiger partial charge in [0.2, 0.25) is 0 Å². The normalized spacial score (nSPS) is 18.6. The Morgan fingerprint density at radius 1 is 1.35 bits per heavy atom. The number of nitrogens with one attached hydrogen (secondary N) is 1. The Labute approximate surface area is 98.4 Å². The number of halogens is 2. The maximum Gasteiger partial charge on any atom is 0.165 e. The van der Waals surface area contributed by atoms with E-state index in [2.05, 4.69) is 5.32 Å². The van der Waals surface area contributed by atoms with Crippen LogP contribution in [0, 0.1) is 17.6 Å². The van der Waals surface area contributed by atoms with E-state index in [0.717, 1.165) is 12.1 Å². The van der Waals surface area contributed by atoms with Crippen molar-refractivity contribution in [2.24, 2.45) is 5.92 Å². The highest BCUT2D eigenvalue weighted by Crippen LogP contribution is 2.31. The molecule has 94 valence electrons. The number of rotatable bonds is 4. The number of benzene rings is 1. The van der Waals surface area contributed by atoms with Crippen LogP contribution in [-0.4, -0.2) is 31.4 Å². The van der Waals surface area contributed by atoms with Gasteiger partial charge in [0, 0.05) is 24.6 Å². The molecule has 1 aromatic rings. The second-order valence-corrected chi connectivity index (χ2v) is 4.15. The average Bonchev–Trinajstić information content (AvgIpc) is 2.34. The molecule has 0 radical (unpaired) electrons. The molecule has 5 heteroatoms. The first-order chi connectivity index (χ1) is 8.22. The monoisotopic (exact) mass is 243 g/mol. The van der Waals surface area contributed by atoms with Gasteiger partial charge < -0.3 is 15.2 Å². The Hall–Kier alpha value is -1.20. The summed E-state index contributed by atoms with van der Waals surface area (Å²) in [5, 5.41) is 11.7. The van der Waals surface area contributed by atoms with Gasteiger partial charge in [0.15, 0.2) is 11.6 Å². The van der Waals surface area contributed by atoms with E-state index in [9.17, 15) is 8.78 Å². The van der Waals surface area contributed by atoms with E-state index in [-0.39, 0.29) is 18.3 Å². The Morgan fingerprint density at radius 3 is 2.88 bits per heavy atom. The molecule has 0 aromatic heterocycles. The predicted molar refractivity (Wildman–Crippen MR) is 59.0 cm³/mol. The van der Waals surface area contributed by atoms with E-state index in [4.69, 9.17) is 9.84 Å². The lowest BCUT2D eigenvalue weighted by molar-refractivity contribution is 0.201. The molecule has 0 fully saturated rings. The summed E-state index contributed by atoms with van der Waals surface area (Å²) in [6.45, 7) is 1.55. The molecule has 17 heavy (non-hydrogen) atoms. The quantitative estimate of drug-likeness (QED) is 0.778. The van der Waals surface area contributed by atoms with Gasteiger partial charge in [0.05, 0.1) is 13.2 Å². The van der Waals surface area contributed by atoms with Crippen molar-refractivity contribution < 1.29 is 18.6 Å². The van der Waals surface area contributed by atoms with Gasteiger partial charge in [-0.25, -0.2) is 8.78 Å². The van der Waals surface area contributed by atoms with E-state index >= 15 is 0 Å². The van der Waals surface area contributed by atoms with Crippen molar-refractivity contribution in [2.75, 3.05) is 26.3 Å². The SMILES string of the molecule is OCCNC[C@@H]1COc2c(F)ccc(F)c2C1. The average molecular weight is 243 g/mol. The molecular weight excluding hydrogens is 228 g/mol. The van der Waals surface area contributed by atoms with Gasteiger partial charge in [-0.3, -0.25) is 0 Å². The maximum atomic E-state index is 13.5. The molecule has 0 spiro atoms. The highest BCUT2D eigenvalue weighted by atomic mass is 19.1. The van der Waals surface area contributed by atoms with E-state index in [1.54, 1.807) is 0 Å². The fourth-order valence-corrected chi connectivity index (χ4v) is 1.99. The van der Waals surface area contributed by atoms with Crippen molar-refractivity contribution in [1.82, 2.24) is 5.32 Å². The van der Waals surface area contributed by atoms with Crippen molar-refractivity contribution in [1.29, 1.82) is 0 Å². The third-order valence-corrected chi connectivity index (χ3v) is 2.83. The molecule has 1 aliphatic heterocycles. The molecule has 2 rings (SSSR count). The third-order valence-electron chi connectivity index (χ3n) is 2.83. The lowest BCUT2D eigenvalue weighted by Gasteiger charge is -2.26. The van der Waals surface area contributed by atoms with E-state index in [1.807, 2.05) is 0 Å². The molecule has 1 aliphatic rings. The highest BCUT2D eigenvalue weighted by Gasteiger charge is 2.25. The summed E-state index contributed by atoms with van der Waals surface area (Å²) in [6.07, 6.45) is 0.456. The van der Waals surface area contributed by atoms with Crippen LogP contribution in [0.1, 0.15) is 5.56 Å². The molecule has 1 atom stereocenters. The van der Waals surface area contributed by atoms with Crippen molar-refractivity contribution in [3.8, 4) is 5.75 Å². The van der Waals surface area contributed by atoms with Gasteiger partial charge in [-0.15, -0.1) is 0 Å². The summed E-state index contributed by atoms with van der Waals surface area (Å²) in [5.41, 5.74) is 0.312. The van der Waals surface area contributed by atoms with Gasteiger partial charge in [0.25, 0.3) is 0 Å². The second-order valence-electron chi connectivity index (χ2n) is 4.15. The fourth-order valence-electron chi connectivity index (χ4n) is 1.99. The largest absolute Gasteiger partial charge is 0.490 e. The summed E-state index contributed by atoms with van der Waals surface area (Å²) in [6, 6.07) is 2.21.